The predicted molar refractivity (Wildman–Crippen MR) is 87.7 cm³/mol. The van der Waals surface area contributed by atoms with Crippen LogP contribution in [0.1, 0.15) is 30.7 Å². The molecule has 0 aliphatic rings. The molecular formula is C18H21N3O. The average molecular weight is 295 g/mol. The molecule has 1 unspecified atom stereocenters. The second kappa shape index (κ2) is 6.71. The fourth-order valence-electron chi connectivity index (χ4n) is 2.67. The number of fused-ring (bicyclic) bond motifs is 1. The van der Waals surface area contributed by atoms with Gasteiger partial charge in [0.2, 0.25) is 0 Å². The molecule has 2 aromatic carbocycles. The number of nitrogens with zero attached hydrogens (tertiary/aromatic N) is 3. The lowest BCUT2D eigenvalue weighted by Crippen LogP contribution is -2.15. The molecule has 0 N–H and O–H groups in total. The van der Waals surface area contributed by atoms with Crippen LogP contribution in [-0.4, -0.2) is 21.6 Å². The lowest BCUT2D eigenvalue weighted by Gasteiger charge is -2.17. The molecule has 3 aromatic rings. The molecule has 114 valence electrons. The first-order valence-corrected chi connectivity index (χ1v) is 7.75. The summed E-state index contributed by atoms with van der Waals surface area (Å²) in [6.45, 7) is 4.74. The SMILES string of the molecule is CCOC(CCc1ccccc1)n1nnc2cc(C)ccc21. The topological polar surface area (TPSA) is 39.9 Å². The number of hydrogen-bond acceptors (Lipinski definition) is 3. The third kappa shape index (κ3) is 3.17. The Bertz CT molecular complexity index is 736. The van der Waals surface area contributed by atoms with Crippen molar-refractivity contribution in [3.05, 3.63) is 59.7 Å². The normalized spacial score (nSPS) is 12.6. The van der Waals surface area contributed by atoms with Crippen LogP contribution >= 0.6 is 0 Å². The maximum atomic E-state index is 5.91. The summed E-state index contributed by atoms with van der Waals surface area (Å²) in [6, 6.07) is 16.7. The number of benzene rings is 2. The summed E-state index contributed by atoms with van der Waals surface area (Å²) in [5.74, 6) is 0. The van der Waals surface area contributed by atoms with Crippen molar-refractivity contribution in [2.75, 3.05) is 6.61 Å². The van der Waals surface area contributed by atoms with Gasteiger partial charge in [0.1, 0.15) is 5.52 Å². The zero-order valence-corrected chi connectivity index (χ0v) is 13.1. The van der Waals surface area contributed by atoms with Crippen LogP contribution in [0, 0.1) is 6.92 Å². The van der Waals surface area contributed by atoms with Gasteiger partial charge in [-0.05, 0) is 49.9 Å². The van der Waals surface area contributed by atoms with Crippen LogP contribution in [0.15, 0.2) is 48.5 Å². The summed E-state index contributed by atoms with van der Waals surface area (Å²) in [5, 5.41) is 8.58. The smallest absolute Gasteiger partial charge is 0.152 e. The molecule has 4 nitrogen and oxygen atoms in total. The first-order valence-electron chi connectivity index (χ1n) is 7.75. The highest BCUT2D eigenvalue weighted by atomic mass is 16.5. The van der Waals surface area contributed by atoms with Crippen LogP contribution < -0.4 is 0 Å². The number of hydrogen-bond donors (Lipinski definition) is 0. The van der Waals surface area contributed by atoms with Gasteiger partial charge in [-0.2, -0.15) is 0 Å². The second-order valence-electron chi connectivity index (χ2n) is 5.46. The fraction of sp³-hybridized carbons (Fsp3) is 0.333. The standard InChI is InChI=1S/C18H21N3O/c1-3-22-18(12-10-15-7-5-4-6-8-15)21-17-11-9-14(2)13-16(17)19-20-21/h4-9,11,13,18H,3,10,12H2,1-2H3. The van der Waals surface area contributed by atoms with Gasteiger partial charge < -0.3 is 4.74 Å². The third-order valence-electron chi connectivity index (χ3n) is 3.78. The van der Waals surface area contributed by atoms with Crippen LogP contribution in [-0.2, 0) is 11.2 Å². The van der Waals surface area contributed by atoms with Crippen LogP contribution in [0.5, 0.6) is 0 Å². The molecule has 0 saturated heterocycles. The minimum atomic E-state index is -0.0853. The zero-order chi connectivity index (χ0) is 15.4. The van der Waals surface area contributed by atoms with Gasteiger partial charge in [0.15, 0.2) is 6.23 Å². The number of aryl methyl sites for hydroxylation is 2. The highest BCUT2D eigenvalue weighted by Gasteiger charge is 2.16. The van der Waals surface area contributed by atoms with Crippen molar-refractivity contribution in [1.29, 1.82) is 0 Å². The largest absolute Gasteiger partial charge is 0.357 e. The van der Waals surface area contributed by atoms with Gasteiger partial charge in [0, 0.05) is 6.61 Å². The zero-order valence-electron chi connectivity index (χ0n) is 13.1. The van der Waals surface area contributed by atoms with E-state index in [1.54, 1.807) is 0 Å². The van der Waals surface area contributed by atoms with Crippen LogP contribution in [0.25, 0.3) is 11.0 Å². The van der Waals surface area contributed by atoms with E-state index < -0.39 is 0 Å². The summed E-state index contributed by atoms with van der Waals surface area (Å²) in [6.07, 6.45) is 1.75. The summed E-state index contributed by atoms with van der Waals surface area (Å²) in [5.41, 5.74) is 4.45. The minimum Gasteiger partial charge on any atom is -0.357 e. The number of aromatic nitrogens is 3. The van der Waals surface area contributed by atoms with E-state index in [9.17, 15) is 0 Å². The Kier molecular flexibility index (Phi) is 4.49. The molecule has 0 bridgehead atoms. The van der Waals surface area contributed by atoms with Gasteiger partial charge >= 0.3 is 0 Å². The van der Waals surface area contributed by atoms with Gasteiger partial charge in [0.25, 0.3) is 0 Å². The van der Waals surface area contributed by atoms with E-state index in [1.165, 1.54) is 11.1 Å². The minimum absolute atomic E-state index is 0.0853. The molecule has 3 rings (SSSR count). The summed E-state index contributed by atoms with van der Waals surface area (Å²) >= 11 is 0. The lowest BCUT2D eigenvalue weighted by molar-refractivity contribution is -0.00235. The van der Waals surface area contributed by atoms with Crippen LogP contribution in [0.2, 0.25) is 0 Å². The summed E-state index contributed by atoms with van der Waals surface area (Å²) in [7, 11) is 0. The molecule has 0 amide bonds. The Hall–Kier alpha value is -2.20. The lowest BCUT2D eigenvalue weighted by atomic mass is 10.1. The molecule has 1 atom stereocenters. The maximum absolute atomic E-state index is 5.91. The van der Waals surface area contributed by atoms with E-state index in [2.05, 4.69) is 59.7 Å². The van der Waals surface area contributed by atoms with Gasteiger partial charge in [-0.25, -0.2) is 4.68 Å². The van der Waals surface area contributed by atoms with Crippen molar-refractivity contribution < 1.29 is 4.74 Å². The Morgan fingerprint density at radius 1 is 1.14 bits per heavy atom. The number of ether oxygens (including phenoxy) is 1. The molecule has 0 aliphatic heterocycles. The van der Waals surface area contributed by atoms with E-state index in [-0.39, 0.29) is 6.23 Å². The van der Waals surface area contributed by atoms with Gasteiger partial charge in [-0.1, -0.05) is 41.6 Å². The van der Waals surface area contributed by atoms with Crippen molar-refractivity contribution >= 4 is 11.0 Å². The summed E-state index contributed by atoms with van der Waals surface area (Å²) < 4.78 is 7.81. The Morgan fingerprint density at radius 2 is 1.95 bits per heavy atom. The molecule has 0 aliphatic carbocycles. The highest BCUT2D eigenvalue weighted by molar-refractivity contribution is 5.75. The van der Waals surface area contributed by atoms with Crippen molar-refractivity contribution in [3.63, 3.8) is 0 Å². The second-order valence-corrected chi connectivity index (χ2v) is 5.46. The summed E-state index contributed by atoms with van der Waals surface area (Å²) in [4.78, 5) is 0. The fourth-order valence-corrected chi connectivity index (χ4v) is 2.67. The van der Waals surface area contributed by atoms with Gasteiger partial charge in [-0.15, -0.1) is 5.10 Å². The first-order chi connectivity index (χ1) is 10.8. The van der Waals surface area contributed by atoms with Gasteiger partial charge in [-0.3, -0.25) is 0 Å². The highest BCUT2D eigenvalue weighted by Crippen LogP contribution is 2.22. The van der Waals surface area contributed by atoms with Crippen molar-refractivity contribution in [1.82, 2.24) is 15.0 Å². The third-order valence-corrected chi connectivity index (χ3v) is 3.78. The van der Waals surface area contributed by atoms with E-state index in [0.29, 0.717) is 6.61 Å². The Morgan fingerprint density at radius 3 is 2.73 bits per heavy atom. The average Bonchev–Trinajstić information content (AvgIpc) is 2.95. The van der Waals surface area contributed by atoms with Crippen LogP contribution in [0.4, 0.5) is 0 Å². The first kappa shape index (κ1) is 14.7. The molecule has 22 heavy (non-hydrogen) atoms. The molecule has 0 fully saturated rings. The van der Waals surface area contributed by atoms with E-state index >= 15 is 0 Å². The quantitative estimate of drug-likeness (QED) is 0.692. The molecular weight excluding hydrogens is 274 g/mol. The maximum Gasteiger partial charge on any atom is 0.152 e. The van der Waals surface area contributed by atoms with Crippen molar-refractivity contribution in [2.45, 2.75) is 32.9 Å². The van der Waals surface area contributed by atoms with Crippen LogP contribution in [0.3, 0.4) is 0 Å². The molecule has 0 spiro atoms. The monoisotopic (exact) mass is 295 g/mol. The predicted octanol–water partition coefficient (Wildman–Crippen LogP) is 3.91. The Labute approximate surface area is 130 Å². The number of rotatable bonds is 6. The van der Waals surface area contributed by atoms with Gasteiger partial charge in [0.05, 0.1) is 5.52 Å². The van der Waals surface area contributed by atoms with E-state index in [0.717, 1.165) is 23.9 Å². The van der Waals surface area contributed by atoms with E-state index in [1.807, 2.05) is 17.7 Å². The molecule has 4 heteroatoms. The van der Waals surface area contributed by atoms with E-state index in [4.69, 9.17) is 4.74 Å². The molecule has 1 heterocycles. The van der Waals surface area contributed by atoms with Crippen molar-refractivity contribution in [2.24, 2.45) is 0 Å². The molecule has 0 radical (unpaired) electrons. The molecule has 1 aromatic heterocycles. The Balaban J connectivity index is 1.83. The molecule has 0 saturated carbocycles. The van der Waals surface area contributed by atoms with Crippen molar-refractivity contribution in [3.8, 4) is 0 Å².